The molecule has 1 heterocycles. The molecule has 26 heavy (non-hydrogen) atoms. The molecular weight excluding hydrogens is 404 g/mol. The summed E-state index contributed by atoms with van der Waals surface area (Å²) >= 11 is 3.28. The van der Waals surface area contributed by atoms with Gasteiger partial charge in [0.15, 0.2) is 0 Å². The first-order valence-electron chi connectivity index (χ1n) is 8.41. The van der Waals surface area contributed by atoms with Crippen molar-refractivity contribution >= 4 is 39.6 Å². The lowest BCUT2D eigenvalue weighted by atomic mass is 10.1. The van der Waals surface area contributed by atoms with Crippen molar-refractivity contribution in [3.8, 4) is 0 Å². The number of hydrogen-bond acceptors (Lipinski definition) is 5. The first-order valence-corrected chi connectivity index (χ1v) is 9.21. The maximum absolute atomic E-state index is 12.3. The molecule has 0 radical (unpaired) electrons. The molecule has 0 spiro atoms. The van der Waals surface area contributed by atoms with Gasteiger partial charge in [-0.3, -0.25) is 24.1 Å². The van der Waals surface area contributed by atoms with E-state index >= 15 is 0 Å². The average molecular weight is 425 g/mol. The summed E-state index contributed by atoms with van der Waals surface area (Å²) in [4.78, 5) is 48.9. The van der Waals surface area contributed by atoms with E-state index in [4.69, 9.17) is 4.74 Å². The zero-order valence-corrected chi connectivity index (χ0v) is 16.3. The van der Waals surface area contributed by atoms with Crippen molar-refractivity contribution in [2.75, 3.05) is 13.1 Å². The molecule has 1 aromatic rings. The van der Waals surface area contributed by atoms with Gasteiger partial charge in [-0.2, -0.15) is 0 Å². The molecule has 0 bridgehead atoms. The predicted octanol–water partition coefficient (Wildman–Crippen LogP) is 2.28. The Labute approximate surface area is 160 Å². The van der Waals surface area contributed by atoms with E-state index in [1.165, 1.54) is 0 Å². The number of nitrogens with one attached hydrogen (secondary N) is 1. The summed E-state index contributed by atoms with van der Waals surface area (Å²) in [6.45, 7) is 3.89. The number of hydrogen-bond donors (Lipinski definition) is 1. The average Bonchev–Trinajstić information content (AvgIpc) is 2.78. The number of imide groups is 1. The van der Waals surface area contributed by atoms with Gasteiger partial charge in [0.1, 0.15) is 0 Å². The first-order chi connectivity index (χ1) is 12.3. The fourth-order valence-electron chi connectivity index (χ4n) is 2.58. The molecule has 1 aliphatic heterocycles. The smallest absolute Gasteiger partial charge is 0.307 e. The first kappa shape index (κ1) is 20.1. The van der Waals surface area contributed by atoms with Gasteiger partial charge in [0, 0.05) is 24.0 Å². The molecule has 1 aromatic carbocycles. The van der Waals surface area contributed by atoms with Gasteiger partial charge < -0.3 is 10.1 Å². The second-order valence-electron chi connectivity index (χ2n) is 6.19. The fourth-order valence-corrected chi connectivity index (χ4v) is 2.94. The Bertz CT molecular complexity index is 732. The largest absolute Gasteiger partial charge is 0.463 e. The number of esters is 1. The van der Waals surface area contributed by atoms with E-state index < -0.39 is 0 Å². The number of nitrogens with zero attached hydrogens (tertiary/aromatic N) is 1. The highest BCUT2D eigenvalue weighted by molar-refractivity contribution is 9.10. The van der Waals surface area contributed by atoms with Crippen LogP contribution in [0.2, 0.25) is 0 Å². The number of benzene rings is 1. The van der Waals surface area contributed by atoms with E-state index in [1.807, 2.05) is 0 Å². The predicted molar refractivity (Wildman–Crippen MR) is 97.6 cm³/mol. The Hall–Kier alpha value is -2.22. The minimum atomic E-state index is -0.363. The van der Waals surface area contributed by atoms with Crippen molar-refractivity contribution in [3.05, 3.63) is 33.8 Å². The minimum Gasteiger partial charge on any atom is -0.463 e. The van der Waals surface area contributed by atoms with Gasteiger partial charge in [0.05, 0.1) is 23.7 Å². The summed E-state index contributed by atoms with van der Waals surface area (Å²) in [5, 5.41) is 2.62. The zero-order chi connectivity index (χ0) is 19.3. The quantitative estimate of drug-likeness (QED) is 0.510. The second kappa shape index (κ2) is 8.93. The van der Waals surface area contributed by atoms with E-state index in [2.05, 4.69) is 21.2 Å². The Balaban J connectivity index is 1.73. The summed E-state index contributed by atoms with van der Waals surface area (Å²) in [5.74, 6) is -1.28. The second-order valence-corrected chi connectivity index (χ2v) is 7.11. The summed E-state index contributed by atoms with van der Waals surface area (Å²) in [6.07, 6.45) is 0.445. The van der Waals surface area contributed by atoms with Crippen LogP contribution >= 0.6 is 15.9 Å². The number of carbonyl (C=O) groups is 4. The minimum absolute atomic E-state index is 0.108. The molecular formula is C18H21BrN2O5. The number of fused-ring (bicyclic) bond motifs is 1. The zero-order valence-electron chi connectivity index (χ0n) is 14.7. The van der Waals surface area contributed by atoms with E-state index in [0.29, 0.717) is 17.5 Å². The SMILES string of the molecule is CC(C)OC(=O)CCNC(=O)CCCN1C(=O)c2ccc(Br)cc2C1=O. The normalized spacial score (nSPS) is 13.2. The third-order valence-corrected chi connectivity index (χ3v) is 4.23. The Morgan fingerprint density at radius 1 is 1.15 bits per heavy atom. The van der Waals surface area contributed by atoms with Gasteiger partial charge in [-0.1, -0.05) is 15.9 Å². The van der Waals surface area contributed by atoms with Gasteiger partial charge in [0.2, 0.25) is 5.91 Å². The van der Waals surface area contributed by atoms with Crippen LogP contribution in [0.4, 0.5) is 0 Å². The van der Waals surface area contributed by atoms with E-state index in [1.54, 1.807) is 32.0 Å². The van der Waals surface area contributed by atoms with Crippen molar-refractivity contribution in [2.24, 2.45) is 0 Å². The van der Waals surface area contributed by atoms with Crippen LogP contribution in [0.25, 0.3) is 0 Å². The molecule has 1 aliphatic rings. The van der Waals surface area contributed by atoms with Crippen molar-refractivity contribution < 1.29 is 23.9 Å². The standard InChI is InChI=1S/C18H21BrN2O5/c1-11(2)26-16(23)7-8-20-15(22)4-3-9-21-17(24)13-6-5-12(19)10-14(13)18(21)25/h5-6,10-11H,3-4,7-9H2,1-2H3,(H,20,22). The third kappa shape index (κ3) is 5.14. The number of halogens is 1. The molecule has 7 nitrogen and oxygen atoms in total. The van der Waals surface area contributed by atoms with Crippen molar-refractivity contribution in [1.82, 2.24) is 10.2 Å². The van der Waals surface area contributed by atoms with Crippen molar-refractivity contribution in [1.29, 1.82) is 0 Å². The number of ether oxygens (including phenoxy) is 1. The highest BCUT2D eigenvalue weighted by atomic mass is 79.9. The Kier molecular flexibility index (Phi) is 6.90. The molecule has 0 fully saturated rings. The monoisotopic (exact) mass is 424 g/mol. The molecule has 2 rings (SSSR count). The molecule has 0 aromatic heterocycles. The summed E-state index contributed by atoms with van der Waals surface area (Å²) in [7, 11) is 0. The van der Waals surface area contributed by atoms with E-state index in [9.17, 15) is 19.2 Å². The number of amides is 3. The molecule has 1 N–H and O–H groups in total. The number of carbonyl (C=O) groups excluding carboxylic acids is 4. The third-order valence-electron chi connectivity index (χ3n) is 3.74. The van der Waals surface area contributed by atoms with Crippen LogP contribution in [0.1, 0.15) is 53.8 Å². The molecule has 0 atom stereocenters. The Morgan fingerprint density at radius 2 is 1.85 bits per heavy atom. The van der Waals surface area contributed by atoms with Crippen LogP contribution in [0.3, 0.4) is 0 Å². The van der Waals surface area contributed by atoms with E-state index in [-0.39, 0.29) is 55.7 Å². The maximum Gasteiger partial charge on any atom is 0.307 e. The molecule has 0 unspecified atom stereocenters. The lowest BCUT2D eigenvalue weighted by Gasteiger charge is -2.13. The lowest BCUT2D eigenvalue weighted by Crippen LogP contribution is -2.32. The van der Waals surface area contributed by atoms with Crippen molar-refractivity contribution in [2.45, 2.75) is 39.2 Å². The molecule has 3 amide bonds. The summed E-state index contributed by atoms with van der Waals surface area (Å²) in [5.41, 5.74) is 0.754. The lowest BCUT2D eigenvalue weighted by molar-refractivity contribution is -0.147. The molecule has 0 saturated heterocycles. The summed E-state index contributed by atoms with van der Waals surface area (Å²) in [6, 6.07) is 4.95. The van der Waals surface area contributed by atoms with Crippen LogP contribution in [-0.2, 0) is 14.3 Å². The highest BCUT2D eigenvalue weighted by Crippen LogP contribution is 2.26. The van der Waals surface area contributed by atoms with Crippen LogP contribution in [0, 0.1) is 0 Å². The fraction of sp³-hybridized carbons (Fsp3) is 0.444. The van der Waals surface area contributed by atoms with Gasteiger partial charge >= 0.3 is 5.97 Å². The molecule has 8 heteroatoms. The van der Waals surface area contributed by atoms with Gasteiger partial charge in [-0.05, 0) is 38.5 Å². The van der Waals surface area contributed by atoms with Gasteiger partial charge in [-0.25, -0.2) is 0 Å². The van der Waals surface area contributed by atoms with Gasteiger partial charge in [0.25, 0.3) is 11.8 Å². The van der Waals surface area contributed by atoms with Crippen LogP contribution in [0.15, 0.2) is 22.7 Å². The van der Waals surface area contributed by atoms with Crippen LogP contribution in [0.5, 0.6) is 0 Å². The van der Waals surface area contributed by atoms with Crippen LogP contribution in [-0.4, -0.2) is 47.8 Å². The summed E-state index contributed by atoms with van der Waals surface area (Å²) < 4.78 is 5.70. The molecule has 0 aliphatic carbocycles. The van der Waals surface area contributed by atoms with Crippen LogP contribution < -0.4 is 5.32 Å². The molecule has 140 valence electrons. The number of rotatable bonds is 8. The van der Waals surface area contributed by atoms with E-state index in [0.717, 1.165) is 9.37 Å². The highest BCUT2D eigenvalue weighted by Gasteiger charge is 2.35. The Morgan fingerprint density at radius 3 is 2.54 bits per heavy atom. The van der Waals surface area contributed by atoms with Crippen molar-refractivity contribution in [3.63, 3.8) is 0 Å². The maximum atomic E-state index is 12.3. The molecule has 0 saturated carbocycles. The van der Waals surface area contributed by atoms with Gasteiger partial charge in [-0.15, -0.1) is 0 Å². The topological polar surface area (TPSA) is 92.8 Å².